The molecule has 5 nitrogen and oxygen atoms in total. The van der Waals surface area contributed by atoms with Crippen LogP contribution < -0.4 is 4.74 Å². The molecule has 1 N–H and O–H groups in total. The summed E-state index contributed by atoms with van der Waals surface area (Å²) in [6, 6.07) is 5.79. The van der Waals surface area contributed by atoms with E-state index in [1.54, 1.807) is 4.90 Å². The van der Waals surface area contributed by atoms with Gasteiger partial charge in [0.2, 0.25) is 0 Å². The molecule has 3 rings (SSSR count). The number of hydrogen-bond acceptors (Lipinski definition) is 4. The number of carbonyl (C=O) groups excluding carboxylic acids is 1. The van der Waals surface area contributed by atoms with Crippen LogP contribution in [0.25, 0.3) is 0 Å². The van der Waals surface area contributed by atoms with Crippen molar-refractivity contribution in [1.29, 1.82) is 0 Å². The molecule has 7 heteroatoms. The SMILES string of the molecule is O=C(c1ccc(OC(F)F)cc1)N1C[C@H](CO)C[C@H](CN2CCCC2)C1. The van der Waals surface area contributed by atoms with Crippen molar-refractivity contribution in [3.8, 4) is 5.75 Å². The highest BCUT2D eigenvalue weighted by Gasteiger charge is 2.31. The fraction of sp³-hybridized carbons (Fsp3) is 0.632. The number of amides is 1. The Morgan fingerprint density at radius 1 is 1.15 bits per heavy atom. The first kappa shape index (κ1) is 19.0. The van der Waals surface area contributed by atoms with Crippen LogP contribution in [0.15, 0.2) is 24.3 Å². The molecule has 2 aliphatic rings. The summed E-state index contributed by atoms with van der Waals surface area (Å²) in [7, 11) is 0. The molecule has 0 saturated carbocycles. The summed E-state index contributed by atoms with van der Waals surface area (Å²) >= 11 is 0. The Kier molecular flexibility index (Phi) is 6.43. The molecule has 2 atom stereocenters. The number of halogens is 2. The molecular formula is C19H26F2N2O3. The Labute approximate surface area is 152 Å². The van der Waals surface area contributed by atoms with Crippen molar-refractivity contribution in [3.05, 3.63) is 29.8 Å². The van der Waals surface area contributed by atoms with Crippen LogP contribution in [0.4, 0.5) is 8.78 Å². The Morgan fingerprint density at radius 2 is 1.81 bits per heavy atom. The van der Waals surface area contributed by atoms with E-state index >= 15 is 0 Å². The van der Waals surface area contributed by atoms with Crippen molar-refractivity contribution in [2.45, 2.75) is 25.9 Å². The van der Waals surface area contributed by atoms with Crippen LogP contribution in [0.1, 0.15) is 29.6 Å². The van der Waals surface area contributed by atoms with Crippen LogP contribution in [-0.2, 0) is 0 Å². The molecule has 1 amide bonds. The van der Waals surface area contributed by atoms with Crippen molar-refractivity contribution in [1.82, 2.24) is 9.80 Å². The number of likely N-dealkylation sites (tertiary alicyclic amines) is 2. The summed E-state index contributed by atoms with van der Waals surface area (Å²) in [6.07, 6.45) is 3.38. The molecule has 1 aromatic rings. The van der Waals surface area contributed by atoms with Crippen molar-refractivity contribution >= 4 is 5.91 Å². The van der Waals surface area contributed by atoms with E-state index in [4.69, 9.17) is 0 Å². The maximum Gasteiger partial charge on any atom is 0.387 e. The van der Waals surface area contributed by atoms with Crippen molar-refractivity contribution in [2.75, 3.05) is 39.3 Å². The highest BCUT2D eigenvalue weighted by molar-refractivity contribution is 5.94. The van der Waals surface area contributed by atoms with Gasteiger partial charge in [-0.05, 0) is 68.5 Å². The average molecular weight is 368 g/mol. The zero-order chi connectivity index (χ0) is 18.5. The molecule has 2 aliphatic heterocycles. The predicted octanol–water partition coefficient (Wildman–Crippen LogP) is 2.45. The van der Waals surface area contributed by atoms with Gasteiger partial charge < -0.3 is 19.6 Å². The fourth-order valence-corrected chi connectivity index (χ4v) is 4.04. The van der Waals surface area contributed by atoms with E-state index in [1.165, 1.54) is 37.1 Å². The van der Waals surface area contributed by atoms with Gasteiger partial charge in [0.15, 0.2) is 0 Å². The lowest BCUT2D eigenvalue weighted by Crippen LogP contribution is -2.47. The molecule has 2 fully saturated rings. The normalized spacial score (nSPS) is 24.2. The highest BCUT2D eigenvalue weighted by Crippen LogP contribution is 2.26. The average Bonchev–Trinajstić information content (AvgIpc) is 3.14. The van der Waals surface area contributed by atoms with Gasteiger partial charge in [0.1, 0.15) is 5.75 Å². The zero-order valence-electron chi connectivity index (χ0n) is 14.8. The van der Waals surface area contributed by atoms with Gasteiger partial charge in [-0.15, -0.1) is 0 Å². The number of alkyl halides is 2. The third-order valence-electron chi connectivity index (χ3n) is 5.21. The van der Waals surface area contributed by atoms with Crippen molar-refractivity contribution in [3.63, 3.8) is 0 Å². The number of piperidine rings is 1. The summed E-state index contributed by atoms with van der Waals surface area (Å²) < 4.78 is 28.8. The van der Waals surface area contributed by atoms with E-state index in [2.05, 4.69) is 9.64 Å². The van der Waals surface area contributed by atoms with Gasteiger partial charge in [-0.25, -0.2) is 0 Å². The molecule has 1 aromatic carbocycles. The maximum atomic E-state index is 12.8. The standard InChI is InChI=1S/C19H26F2N2O3/c20-19(21)26-17-5-3-16(4-6-17)18(25)23-11-14(9-15(12-23)13-24)10-22-7-1-2-8-22/h3-6,14-15,19,24H,1-2,7-13H2/t14-,15-/m1/s1. The minimum atomic E-state index is -2.88. The Balaban J connectivity index is 1.64. The predicted molar refractivity (Wildman–Crippen MR) is 93.3 cm³/mol. The molecule has 144 valence electrons. The van der Waals surface area contributed by atoms with E-state index in [9.17, 15) is 18.7 Å². The highest BCUT2D eigenvalue weighted by atomic mass is 19.3. The van der Waals surface area contributed by atoms with E-state index in [0.717, 1.165) is 26.1 Å². The quantitative estimate of drug-likeness (QED) is 0.838. The number of rotatable bonds is 6. The van der Waals surface area contributed by atoms with Crippen molar-refractivity contribution in [2.24, 2.45) is 11.8 Å². The van der Waals surface area contributed by atoms with Crippen LogP contribution in [0.5, 0.6) is 5.75 Å². The number of ether oxygens (including phenoxy) is 1. The van der Waals surface area contributed by atoms with Gasteiger partial charge in [0.05, 0.1) is 0 Å². The zero-order valence-corrected chi connectivity index (χ0v) is 14.8. The number of aliphatic hydroxyl groups excluding tert-OH is 1. The topological polar surface area (TPSA) is 53.0 Å². The molecule has 2 saturated heterocycles. The first-order valence-electron chi connectivity index (χ1n) is 9.22. The van der Waals surface area contributed by atoms with E-state index in [1.807, 2.05) is 0 Å². The summed E-state index contributed by atoms with van der Waals surface area (Å²) in [5.74, 6) is 0.347. The molecule has 0 bridgehead atoms. The molecule has 0 unspecified atom stereocenters. The lowest BCUT2D eigenvalue weighted by molar-refractivity contribution is -0.0498. The minimum absolute atomic E-state index is 0.0374. The van der Waals surface area contributed by atoms with Gasteiger partial charge in [0, 0.05) is 31.8 Å². The van der Waals surface area contributed by atoms with Crippen LogP contribution in [0.2, 0.25) is 0 Å². The first-order valence-corrected chi connectivity index (χ1v) is 9.22. The Hall–Kier alpha value is -1.73. The molecule has 26 heavy (non-hydrogen) atoms. The molecular weight excluding hydrogens is 342 g/mol. The Morgan fingerprint density at radius 3 is 2.42 bits per heavy atom. The van der Waals surface area contributed by atoms with Crippen LogP contribution >= 0.6 is 0 Å². The number of benzene rings is 1. The second kappa shape index (κ2) is 8.77. The number of carbonyl (C=O) groups is 1. The molecule has 0 aromatic heterocycles. The Bertz CT molecular complexity index is 591. The lowest BCUT2D eigenvalue weighted by atomic mass is 9.89. The van der Waals surface area contributed by atoms with E-state index in [-0.39, 0.29) is 24.2 Å². The molecule has 2 heterocycles. The number of nitrogens with zero attached hydrogens (tertiary/aromatic N) is 2. The maximum absolute atomic E-state index is 12.8. The van der Waals surface area contributed by atoms with E-state index < -0.39 is 6.61 Å². The number of aliphatic hydroxyl groups is 1. The third-order valence-corrected chi connectivity index (χ3v) is 5.21. The van der Waals surface area contributed by atoms with Crippen LogP contribution in [0, 0.1) is 11.8 Å². The van der Waals surface area contributed by atoms with Gasteiger partial charge in [0.25, 0.3) is 5.91 Å². The van der Waals surface area contributed by atoms with Gasteiger partial charge in [-0.3, -0.25) is 4.79 Å². The monoisotopic (exact) mass is 368 g/mol. The first-order chi connectivity index (χ1) is 12.5. The second-order valence-corrected chi connectivity index (χ2v) is 7.27. The largest absolute Gasteiger partial charge is 0.435 e. The van der Waals surface area contributed by atoms with Gasteiger partial charge in [-0.2, -0.15) is 8.78 Å². The number of hydrogen-bond donors (Lipinski definition) is 1. The van der Waals surface area contributed by atoms with Crippen LogP contribution in [-0.4, -0.2) is 66.8 Å². The van der Waals surface area contributed by atoms with Gasteiger partial charge in [-0.1, -0.05) is 0 Å². The summed E-state index contributed by atoms with van der Waals surface area (Å²) in [6.45, 7) is 1.57. The summed E-state index contributed by atoms with van der Waals surface area (Å²) in [4.78, 5) is 17.0. The summed E-state index contributed by atoms with van der Waals surface area (Å²) in [5.41, 5.74) is 0.449. The molecule has 0 aliphatic carbocycles. The summed E-state index contributed by atoms with van der Waals surface area (Å²) in [5, 5.41) is 9.62. The smallest absolute Gasteiger partial charge is 0.387 e. The minimum Gasteiger partial charge on any atom is -0.435 e. The molecule has 0 spiro atoms. The van der Waals surface area contributed by atoms with Gasteiger partial charge >= 0.3 is 6.61 Å². The second-order valence-electron chi connectivity index (χ2n) is 7.27. The van der Waals surface area contributed by atoms with Crippen molar-refractivity contribution < 1.29 is 23.4 Å². The van der Waals surface area contributed by atoms with E-state index in [0.29, 0.717) is 24.6 Å². The molecule has 0 radical (unpaired) electrons. The lowest BCUT2D eigenvalue weighted by Gasteiger charge is -2.38. The third kappa shape index (κ3) is 4.92. The van der Waals surface area contributed by atoms with Crippen LogP contribution in [0.3, 0.4) is 0 Å². The fourth-order valence-electron chi connectivity index (χ4n) is 4.04.